The van der Waals surface area contributed by atoms with Crippen molar-refractivity contribution < 1.29 is 0 Å². The minimum Gasteiger partial charge on any atom is -0.314 e. The van der Waals surface area contributed by atoms with E-state index in [9.17, 15) is 0 Å². The van der Waals surface area contributed by atoms with Gasteiger partial charge >= 0.3 is 0 Å². The zero-order chi connectivity index (χ0) is 10.7. The van der Waals surface area contributed by atoms with E-state index in [1.54, 1.807) is 6.07 Å². The van der Waals surface area contributed by atoms with Crippen LogP contribution in [0.4, 0.5) is 0 Å². The highest BCUT2D eigenvalue weighted by atomic mass is 35.5. The van der Waals surface area contributed by atoms with Crippen LogP contribution in [-0.4, -0.2) is 31.1 Å². The smallest absolute Gasteiger partial charge is 0.0424 e. The van der Waals surface area contributed by atoms with Crippen LogP contribution < -0.4 is 5.32 Å². The summed E-state index contributed by atoms with van der Waals surface area (Å²) in [6.45, 7) is 5.23. The van der Waals surface area contributed by atoms with Crippen LogP contribution in [0.5, 0.6) is 0 Å². The first-order valence-electron chi connectivity index (χ1n) is 5.12. The molecule has 1 aromatic rings. The predicted molar refractivity (Wildman–Crippen MR) is 71.9 cm³/mol. The molecule has 0 amide bonds. The van der Waals surface area contributed by atoms with Crippen molar-refractivity contribution in [1.29, 1.82) is 0 Å². The summed E-state index contributed by atoms with van der Waals surface area (Å²) >= 11 is 11.9. The highest BCUT2D eigenvalue weighted by Gasteiger charge is 2.10. The van der Waals surface area contributed by atoms with Crippen LogP contribution in [0.25, 0.3) is 0 Å². The molecular formula is C11H15Cl3N2. The lowest BCUT2D eigenvalue weighted by Crippen LogP contribution is -2.42. The SMILES string of the molecule is Cl.Clc1cc(Cl)cc(CN2CCNCC2)c1. The Bertz CT molecular complexity index is 318. The molecule has 0 unspecified atom stereocenters. The van der Waals surface area contributed by atoms with Crippen LogP contribution in [0, 0.1) is 0 Å². The number of benzene rings is 1. The Morgan fingerprint density at radius 2 is 1.62 bits per heavy atom. The van der Waals surface area contributed by atoms with Gasteiger partial charge in [0, 0.05) is 42.8 Å². The van der Waals surface area contributed by atoms with E-state index in [1.807, 2.05) is 12.1 Å². The number of halogens is 3. The molecule has 2 rings (SSSR count). The van der Waals surface area contributed by atoms with Gasteiger partial charge < -0.3 is 5.32 Å². The van der Waals surface area contributed by atoms with E-state index >= 15 is 0 Å². The molecule has 0 radical (unpaired) electrons. The van der Waals surface area contributed by atoms with E-state index in [2.05, 4.69) is 10.2 Å². The zero-order valence-corrected chi connectivity index (χ0v) is 11.2. The second-order valence-corrected chi connectivity index (χ2v) is 4.68. The van der Waals surface area contributed by atoms with Gasteiger partial charge in [-0.25, -0.2) is 0 Å². The van der Waals surface area contributed by atoms with Crippen LogP contribution in [0.3, 0.4) is 0 Å². The van der Waals surface area contributed by atoms with E-state index in [0.717, 1.165) is 32.7 Å². The third kappa shape index (κ3) is 4.11. The molecule has 2 nitrogen and oxygen atoms in total. The van der Waals surface area contributed by atoms with Crippen LogP contribution in [0.2, 0.25) is 10.0 Å². The molecule has 0 aromatic heterocycles. The van der Waals surface area contributed by atoms with E-state index in [1.165, 1.54) is 5.56 Å². The van der Waals surface area contributed by atoms with Crippen molar-refractivity contribution in [2.45, 2.75) is 6.54 Å². The lowest BCUT2D eigenvalue weighted by atomic mass is 10.2. The standard InChI is InChI=1S/C11H14Cl2N2.ClH/c12-10-5-9(6-11(13)7-10)8-15-3-1-14-2-4-15;/h5-7,14H,1-4,8H2;1H. The summed E-state index contributed by atoms with van der Waals surface area (Å²) in [6, 6.07) is 5.73. The number of hydrogen-bond donors (Lipinski definition) is 1. The van der Waals surface area contributed by atoms with Gasteiger partial charge in [0.25, 0.3) is 0 Å². The molecule has 0 aliphatic carbocycles. The highest BCUT2D eigenvalue weighted by molar-refractivity contribution is 6.34. The van der Waals surface area contributed by atoms with E-state index in [-0.39, 0.29) is 12.4 Å². The summed E-state index contributed by atoms with van der Waals surface area (Å²) in [6.07, 6.45) is 0. The second kappa shape index (κ2) is 6.67. The molecule has 1 aliphatic heterocycles. The van der Waals surface area contributed by atoms with Gasteiger partial charge in [-0.05, 0) is 23.8 Å². The van der Waals surface area contributed by atoms with Gasteiger partial charge in [0.15, 0.2) is 0 Å². The van der Waals surface area contributed by atoms with Crippen LogP contribution in [-0.2, 0) is 6.54 Å². The fourth-order valence-corrected chi connectivity index (χ4v) is 2.40. The summed E-state index contributed by atoms with van der Waals surface area (Å²) in [4.78, 5) is 2.40. The van der Waals surface area contributed by atoms with Gasteiger partial charge in [-0.1, -0.05) is 23.2 Å². The normalized spacial score (nSPS) is 16.9. The molecule has 0 spiro atoms. The molecule has 1 aliphatic rings. The Hall–Kier alpha value is 0.01000. The molecule has 90 valence electrons. The van der Waals surface area contributed by atoms with Crippen molar-refractivity contribution in [2.75, 3.05) is 26.2 Å². The Morgan fingerprint density at radius 1 is 1.06 bits per heavy atom. The lowest BCUT2D eigenvalue weighted by molar-refractivity contribution is 0.233. The monoisotopic (exact) mass is 280 g/mol. The minimum atomic E-state index is 0. The summed E-state index contributed by atoms with van der Waals surface area (Å²) < 4.78 is 0. The summed E-state index contributed by atoms with van der Waals surface area (Å²) in [5.74, 6) is 0. The predicted octanol–water partition coefficient (Wildman–Crippen LogP) is 2.82. The van der Waals surface area contributed by atoms with E-state index in [0.29, 0.717) is 10.0 Å². The van der Waals surface area contributed by atoms with Crippen molar-refractivity contribution in [3.05, 3.63) is 33.8 Å². The molecule has 0 atom stereocenters. The summed E-state index contributed by atoms with van der Waals surface area (Å²) in [7, 11) is 0. The van der Waals surface area contributed by atoms with Gasteiger partial charge in [-0.3, -0.25) is 4.90 Å². The highest BCUT2D eigenvalue weighted by Crippen LogP contribution is 2.20. The van der Waals surface area contributed by atoms with Crippen molar-refractivity contribution in [2.24, 2.45) is 0 Å². The number of hydrogen-bond acceptors (Lipinski definition) is 2. The van der Waals surface area contributed by atoms with Crippen molar-refractivity contribution in [3.63, 3.8) is 0 Å². The first-order chi connectivity index (χ1) is 7.24. The topological polar surface area (TPSA) is 15.3 Å². The second-order valence-electron chi connectivity index (χ2n) is 3.80. The molecule has 1 aromatic carbocycles. The Kier molecular flexibility index (Phi) is 5.87. The molecule has 0 bridgehead atoms. The Morgan fingerprint density at radius 3 is 2.19 bits per heavy atom. The van der Waals surface area contributed by atoms with Gasteiger partial charge in [0.2, 0.25) is 0 Å². The van der Waals surface area contributed by atoms with E-state index in [4.69, 9.17) is 23.2 Å². The summed E-state index contributed by atoms with van der Waals surface area (Å²) in [5, 5.41) is 4.76. The first-order valence-corrected chi connectivity index (χ1v) is 5.88. The number of nitrogens with zero attached hydrogens (tertiary/aromatic N) is 1. The molecule has 1 N–H and O–H groups in total. The van der Waals surface area contributed by atoms with Crippen LogP contribution >= 0.6 is 35.6 Å². The van der Waals surface area contributed by atoms with Gasteiger partial charge in [0.1, 0.15) is 0 Å². The average molecular weight is 282 g/mol. The number of piperazine rings is 1. The molecular weight excluding hydrogens is 266 g/mol. The van der Waals surface area contributed by atoms with Gasteiger partial charge in [-0.15, -0.1) is 12.4 Å². The Labute approximate surface area is 112 Å². The zero-order valence-electron chi connectivity index (χ0n) is 8.88. The van der Waals surface area contributed by atoms with Crippen LogP contribution in [0.1, 0.15) is 5.56 Å². The Balaban J connectivity index is 0.00000128. The quantitative estimate of drug-likeness (QED) is 0.897. The molecule has 16 heavy (non-hydrogen) atoms. The first kappa shape index (κ1) is 14.1. The molecule has 1 saturated heterocycles. The maximum atomic E-state index is 5.95. The fourth-order valence-electron chi connectivity index (χ4n) is 1.83. The van der Waals surface area contributed by atoms with Crippen molar-refractivity contribution in [3.8, 4) is 0 Å². The molecule has 5 heteroatoms. The maximum Gasteiger partial charge on any atom is 0.0424 e. The van der Waals surface area contributed by atoms with Gasteiger partial charge in [-0.2, -0.15) is 0 Å². The third-order valence-electron chi connectivity index (χ3n) is 2.54. The lowest BCUT2D eigenvalue weighted by Gasteiger charge is -2.27. The third-order valence-corrected chi connectivity index (χ3v) is 2.97. The van der Waals surface area contributed by atoms with Crippen LogP contribution in [0.15, 0.2) is 18.2 Å². The van der Waals surface area contributed by atoms with Crippen molar-refractivity contribution in [1.82, 2.24) is 10.2 Å². The van der Waals surface area contributed by atoms with E-state index < -0.39 is 0 Å². The summed E-state index contributed by atoms with van der Waals surface area (Å²) in [5.41, 5.74) is 1.19. The molecule has 0 saturated carbocycles. The fraction of sp³-hybridized carbons (Fsp3) is 0.455. The van der Waals surface area contributed by atoms with Crippen molar-refractivity contribution >= 4 is 35.6 Å². The average Bonchev–Trinajstić information content (AvgIpc) is 2.17. The largest absolute Gasteiger partial charge is 0.314 e. The molecule has 1 fully saturated rings. The van der Waals surface area contributed by atoms with Gasteiger partial charge in [0.05, 0.1) is 0 Å². The molecule has 1 heterocycles. The minimum absolute atomic E-state index is 0. The number of rotatable bonds is 2. The number of nitrogens with one attached hydrogen (secondary N) is 1. The maximum absolute atomic E-state index is 5.95.